The van der Waals surface area contributed by atoms with E-state index in [4.69, 9.17) is 15.0 Å². The predicted octanol–water partition coefficient (Wildman–Crippen LogP) is 3.39. The van der Waals surface area contributed by atoms with Crippen molar-refractivity contribution in [3.8, 4) is 5.75 Å². The normalized spacial score (nSPS) is 12.0. The van der Waals surface area contributed by atoms with Gasteiger partial charge in [-0.05, 0) is 44.0 Å². The summed E-state index contributed by atoms with van der Waals surface area (Å²) in [7, 11) is 1.45. The van der Waals surface area contributed by atoms with Gasteiger partial charge >= 0.3 is 6.09 Å². The van der Waals surface area contributed by atoms with Crippen molar-refractivity contribution in [3.63, 3.8) is 0 Å². The van der Waals surface area contributed by atoms with Crippen molar-refractivity contribution < 1.29 is 19.4 Å². The number of rotatable bonds is 5. The summed E-state index contributed by atoms with van der Waals surface area (Å²) >= 11 is 0. The van der Waals surface area contributed by atoms with E-state index in [9.17, 15) is 9.90 Å². The highest BCUT2D eigenvalue weighted by Gasteiger charge is 2.18. The topological polar surface area (TPSA) is 117 Å². The summed E-state index contributed by atoms with van der Waals surface area (Å²) in [5.41, 5.74) is 8.86. The van der Waals surface area contributed by atoms with E-state index in [0.717, 1.165) is 0 Å². The third-order valence-corrected chi connectivity index (χ3v) is 2.61. The van der Waals surface area contributed by atoms with Gasteiger partial charge in [-0.2, -0.15) is 0 Å². The monoisotopic (exact) mass is 308 g/mol. The van der Waals surface area contributed by atoms with E-state index in [2.05, 4.69) is 15.3 Å². The number of azide groups is 1. The third kappa shape index (κ3) is 5.16. The first-order chi connectivity index (χ1) is 10.3. The lowest BCUT2D eigenvalue weighted by Gasteiger charge is -2.20. The minimum absolute atomic E-state index is 0.327. The molecule has 0 radical (unpaired) electrons. The van der Waals surface area contributed by atoms with E-state index in [1.165, 1.54) is 7.11 Å². The van der Waals surface area contributed by atoms with E-state index < -0.39 is 17.7 Å². The van der Waals surface area contributed by atoms with Crippen LogP contribution in [0.5, 0.6) is 5.75 Å². The van der Waals surface area contributed by atoms with Gasteiger partial charge in [0.05, 0.1) is 25.4 Å². The lowest BCUT2D eigenvalue weighted by atomic mass is 10.1. The van der Waals surface area contributed by atoms with Crippen molar-refractivity contribution in [3.05, 3.63) is 34.2 Å². The van der Waals surface area contributed by atoms with Crippen LogP contribution in [0.25, 0.3) is 10.4 Å². The van der Waals surface area contributed by atoms with Gasteiger partial charge in [0, 0.05) is 4.91 Å². The maximum absolute atomic E-state index is 11.8. The molecule has 1 aromatic rings. The molecule has 22 heavy (non-hydrogen) atoms. The largest absolute Gasteiger partial charge is 0.495 e. The van der Waals surface area contributed by atoms with E-state index in [1.54, 1.807) is 39.0 Å². The maximum atomic E-state index is 11.8. The Kier molecular flexibility index (Phi) is 6.03. The summed E-state index contributed by atoms with van der Waals surface area (Å²) in [4.78, 5) is 14.5. The van der Waals surface area contributed by atoms with Gasteiger partial charge in [-0.25, -0.2) is 4.79 Å². The minimum Gasteiger partial charge on any atom is -0.495 e. The molecule has 8 heteroatoms. The maximum Gasteiger partial charge on any atom is 0.412 e. The Balaban J connectivity index is 2.98. The third-order valence-electron chi connectivity index (χ3n) is 2.61. The number of anilines is 1. The Labute approximate surface area is 128 Å². The molecule has 0 saturated heterocycles. The SMILES string of the molecule is COc1cc(C(CO)N=[N+]=[N-])ccc1NC(=O)OC(C)(C)C. The van der Waals surface area contributed by atoms with Gasteiger partial charge in [-0.1, -0.05) is 11.2 Å². The number of amides is 1. The lowest BCUT2D eigenvalue weighted by Crippen LogP contribution is -2.27. The van der Waals surface area contributed by atoms with Gasteiger partial charge in [0.15, 0.2) is 0 Å². The second kappa shape index (κ2) is 7.53. The number of aliphatic hydroxyl groups is 1. The molecule has 0 aromatic heterocycles. The van der Waals surface area contributed by atoms with Crippen LogP contribution in [0.3, 0.4) is 0 Å². The first-order valence-electron chi connectivity index (χ1n) is 6.63. The molecule has 0 aliphatic carbocycles. The van der Waals surface area contributed by atoms with Gasteiger partial charge in [0.2, 0.25) is 0 Å². The number of methoxy groups -OCH3 is 1. The number of aliphatic hydroxyl groups excluding tert-OH is 1. The molecule has 0 aliphatic rings. The second-order valence-electron chi connectivity index (χ2n) is 5.49. The number of ether oxygens (including phenoxy) is 2. The first-order valence-corrected chi connectivity index (χ1v) is 6.63. The summed E-state index contributed by atoms with van der Waals surface area (Å²) in [6, 6.07) is 4.09. The van der Waals surface area contributed by atoms with Gasteiger partial charge in [0.25, 0.3) is 0 Å². The van der Waals surface area contributed by atoms with E-state index >= 15 is 0 Å². The highest BCUT2D eigenvalue weighted by Crippen LogP contribution is 2.30. The number of nitrogens with zero attached hydrogens (tertiary/aromatic N) is 3. The van der Waals surface area contributed by atoms with E-state index in [0.29, 0.717) is 17.0 Å². The van der Waals surface area contributed by atoms with Crippen LogP contribution in [0.1, 0.15) is 32.4 Å². The van der Waals surface area contributed by atoms with Crippen molar-refractivity contribution in [2.45, 2.75) is 32.4 Å². The molecule has 0 aliphatic heterocycles. The fraction of sp³-hybridized carbons (Fsp3) is 0.500. The number of carbonyl (C=O) groups is 1. The van der Waals surface area contributed by atoms with Crippen LogP contribution in [0.15, 0.2) is 23.3 Å². The molecule has 2 N–H and O–H groups in total. The highest BCUT2D eigenvalue weighted by molar-refractivity contribution is 5.87. The Morgan fingerprint density at radius 1 is 1.50 bits per heavy atom. The lowest BCUT2D eigenvalue weighted by molar-refractivity contribution is 0.0635. The van der Waals surface area contributed by atoms with E-state index in [1.807, 2.05) is 0 Å². The van der Waals surface area contributed by atoms with Crippen molar-refractivity contribution >= 4 is 11.8 Å². The van der Waals surface area contributed by atoms with Crippen LogP contribution in [-0.4, -0.2) is 30.5 Å². The number of benzene rings is 1. The smallest absolute Gasteiger partial charge is 0.412 e. The summed E-state index contributed by atoms with van der Waals surface area (Å²) < 4.78 is 10.4. The first kappa shape index (κ1) is 17.6. The number of carbonyl (C=O) groups excluding carboxylic acids is 1. The zero-order chi connectivity index (χ0) is 16.8. The fourth-order valence-corrected chi connectivity index (χ4v) is 1.70. The molecule has 1 amide bonds. The van der Waals surface area contributed by atoms with Crippen molar-refractivity contribution in [2.24, 2.45) is 5.11 Å². The molecule has 0 bridgehead atoms. The fourth-order valence-electron chi connectivity index (χ4n) is 1.70. The molecule has 0 heterocycles. The average Bonchev–Trinajstić information content (AvgIpc) is 2.43. The molecular formula is C14H20N4O4. The summed E-state index contributed by atoms with van der Waals surface area (Å²) in [5, 5.41) is 15.3. The van der Waals surface area contributed by atoms with Crippen LogP contribution in [-0.2, 0) is 4.74 Å². The molecule has 120 valence electrons. The second-order valence-corrected chi connectivity index (χ2v) is 5.49. The van der Waals surface area contributed by atoms with Crippen molar-refractivity contribution in [2.75, 3.05) is 19.0 Å². The zero-order valence-corrected chi connectivity index (χ0v) is 13.0. The zero-order valence-electron chi connectivity index (χ0n) is 13.0. The Bertz CT molecular complexity index is 577. The van der Waals surface area contributed by atoms with Gasteiger partial charge < -0.3 is 14.6 Å². The van der Waals surface area contributed by atoms with Crippen molar-refractivity contribution in [1.29, 1.82) is 0 Å². The van der Waals surface area contributed by atoms with Crippen molar-refractivity contribution in [1.82, 2.24) is 0 Å². The Morgan fingerprint density at radius 2 is 2.18 bits per heavy atom. The summed E-state index contributed by atoms with van der Waals surface area (Å²) in [6.07, 6.45) is -0.604. The van der Waals surface area contributed by atoms with Crippen LogP contribution in [0.2, 0.25) is 0 Å². The van der Waals surface area contributed by atoms with Crippen LogP contribution < -0.4 is 10.1 Å². The number of hydrogen-bond acceptors (Lipinski definition) is 5. The highest BCUT2D eigenvalue weighted by atomic mass is 16.6. The number of nitrogens with one attached hydrogen (secondary N) is 1. The number of hydrogen-bond donors (Lipinski definition) is 2. The molecule has 0 saturated carbocycles. The minimum atomic E-state index is -0.713. The van der Waals surface area contributed by atoms with Gasteiger partial charge in [0.1, 0.15) is 11.4 Å². The van der Waals surface area contributed by atoms with Crippen LogP contribution in [0.4, 0.5) is 10.5 Å². The average molecular weight is 308 g/mol. The summed E-state index contributed by atoms with van der Waals surface area (Å²) in [5.74, 6) is 0.370. The Hall–Kier alpha value is -2.44. The standard InChI is InChI=1S/C14H20N4O4/c1-14(2,3)22-13(20)16-10-6-5-9(7-12(10)21-4)11(8-19)17-18-15/h5-7,11,19H,8H2,1-4H3,(H,16,20). The van der Waals surface area contributed by atoms with Gasteiger partial charge in [-0.15, -0.1) is 0 Å². The van der Waals surface area contributed by atoms with Gasteiger partial charge in [-0.3, -0.25) is 5.32 Å². The van der Waals surface area contributed by atoms with Crippen LogP contribution >= 0.6 is 0 Å². The van der Waals surface area contributed by atoms with E-state index in [-0.39, 0.29) is 6.61 Å². The molecular weight excluding hydrogens is 288 g/mol. The Morgan fingerprint density at radius 3 is 2.68 bits per heavy atom. The molecule has 8 nitrogen and oxygen atoms in total. The molecule has 0 fully saturated rings. The molecule has 1 atom stereocenters. The molecule has 0 spiro atoms. The quantitative estimate of drug-likeness (QED) is 0.492. The summed E-state index contributed by atoms with van der Waals surface area (Å²) in [6.45, 7) is 4.96. The predicted molar refractivity (Wildman–Crippen MR) is 81.8 cm³/mol. The molecule has 1 aromatic carbocycles. The van der Waals surface area contributed by atoms with Crippen LogP contribution in [0, 0.1) is 0 Å². The molecule has 1 rings (SSSR count). The molecule has 1 unspecified atom stereocenters.